The van der Waals surface area contributed by atoms with E-state index in [4.69, 9.17) is 9.84 Å². The molecule has 2 aromatic rings. The van der Waals surface area contributed by atoms with Crippen molar-refractivity contribution in [2.45, 2.75) is 6.42 Å². The van der Waals surface area contributed by atoms with Gasteiger partial charge in [-0.3, -0.25) is 4.79 Å². The van der Waals surface area contributed by atoms with Gasteiger partial charge in [-0.2, -0.15) is 0 Å². The molecule has 0 atom stereocenters. The lowest BCUT2D eigenvalue weighted by atomic mass is 10.1. The zero-order valence-corrected chi connectivity index (χ0v) is 15.1. The van der Waals surface area contributed by atoms with Crippen LogP contribution in [0.15, 0.2) is 48.5 Å². The van der Waals surface area contributed by atoms with E-state index in [9.17, 15) is 14.0 Å². The summed E-state index contributed by atoms with van der Waals surface area (Å²) in [6, 6.07) is 11.3. The number of nitrogens with zero attached hydrogens (tertiary/aromatic N) is 1. The first-order valence-electron chi connectivity index (χ1n) is 8.26. The van der Waals surface area contributed by atoms with Gasteiger partial charge in [-0.05, 0) is 30.2 Å². The van der Waals surface area contributed by atoms with E-state index in [1.54, 1.807) is 30.3 Å². The van der Waals surface area contributed by atoms with Gasteiger partial charge < -0.3 is 20.1 Å². The smallest absolute Gasteiger partial charge is 0.407 e. The van der Waals surface area contributed by atoms with Crippen molar-refractivity contribution < 1.29 is 23.8 Å². The zero-order chi connectivity index (χ0) is 19.8. The van der Waals surface area contributed by atoms with Gasteiger partial charge in [0, 0.05) is 25.2 Å². The van der Waals surface area contributed by atoms with Crippen molar-refractivity contribution >= 4 is 23.8 Å². The topological polar surface area (TPSA) is 78.9 Å². The molecule has 0 aromatic heterocycles. The number of halogens is 1. The van der Waals surface area contributed by atoms with E-state index in [1.807, 2.05) is 6.07 Å². The normalized spacial score (nSPS) is 10.6. The van der Waals surface area contributed by atoms with E-state index in [-0.39, 0.29) is 5.69 Å². The summed E-state index contributed by atoms with van der Waals surface area (Å²) in [6.07, 6.45) is 2.32. The Bertz CT molecular complexity index is 852. The number of carboxylic acid groups (broad SMARTS) is 1. The summed E-state index contributed by atoms with van der Waals surface area (Å²) in [4.78, 5) is 24.1. The van der Waals surface area contributed by atoms with Crippen LogP contribution in [0, 0.1) is 5.82 Å². The molecule has 2 aromatic carbocycles. The van der Waals surface area contributed by atoms with Crippen LogP contribution in [0.1, 0.15) is 11.1 Å². The first-order chi connectivity index (χ1) is 12.9. The predicted octanol–water partition coefficient (Wildman–Crippen LogP) is 3.64. The van der Waals surface area contributed by atoms with Crippen LogP contribution in [-0.2, 0) is 11.2 Å². The maximum atomic E-state index is 13.6. The number of benzene rings is 2. The number of hydrogen-bond donors (Lipinski definition) is 2. The third kappa shape index (κ3) is 5.57. The number of hydrogen-bond acceptors (Lipinski definition) is 3. The Morgan fingerprint density at radius 1 is 1.22 bits per heavy atom. The van der Waals surface area contributed by atoms with E-state index in [1.165, 1.54) is 37.3 Å². The van der Waals surface area contributed by atoms with Gasteiger partial charge in [-0.25, -0.2) is 9.18 Å². The molecule has 6 nitrogen and oxygen atoms in total. The molecule has 0 saturated heterocycles. The summed E-state index contributed by atoms with van der Waals surface area (Å²) in [5.74, 6) is -0.425. The lowest BCUT2D eigenvalue weighted by molar-refractivity contribution is -0.111. The van der Waals surface area contributed by atoms with Crippen LogP contribution in [0.2, 0.25) is 0 Å². The first-order valence-corrected chi connectivity index (χ1v) is 8.26. The minimum Gasteiger partial charge on any atom is -0.496 e. The molecule has 0 saturated carbocycles. The summed E-state index contributed by atoms with van der Waals surface area (Å²) < 4.78 is 19.0. The third-order valence-corrected chi connectivity index (χ3v) is 3.92. The van der Waals surface area contributed by atoms with Gasteiger partial charge >= 0.3 is 6.09 Å². The maximum Gasteiger partial charge on any atom is 0.407 e. The molecule has 7 heteroatoms. The maximum absolute atomic E-state index is 13.6. The second-order valence-electron chi connectivity index (χ2n) is 5.80. The van der Waals surface area contributed by atoms with E-state index in [0.29, 0.717) is 24.3 Å². The summed E-state index contributed by atoms with van der Waals surface area (Å²) in [6.45, 7) is 0.312. The van der Waals surface area contributed by atoms with Crippen LogP contribution < -0.4 is 10.1 Å². The second-order valence-corrected chi connectivity index (χ2v) is 5.80. The Kier molecular flexibility index (Phi) is 6.93. The van der Waals surface area contributed by atoms with Gasteiger partial charge in [0.2, 0.25) is 5.91 Å². The average Bonchev–Trinajstić information content (AvgIpc) is 2.66. The Balaban J connectivity index is 2.12. The summed E-state index contributed by atoms with van der Waals surface area (Å²) in [5, 5.41) is 11.4. The van der Waals surface area contributed by atoms with E-state index < -0.39 is 17.8 Å². The zero-order valence-electron chi connectivity index (χ0n) is 15.1. The fourth-order valence-corrected chi connectivity index (χ4v) is 2.47. The van der Waals surface area contributed by atoms with E-state index in [2.05, 4.69) is 5.32 Å². The minimum atomic E-state index is -1.00. The molecule has 0 radical (unpaired) electrons. The number of anilines is 1. The SMILES string of the molecule is COc1c(C=CC(=O)Nc2ccccc2F)cccc1CCN(C)C(=O)O. The average molecular weight is 372 g/mol. The lowest BCUT2D eigenvalue weighted by Crippen LogP contribution is -2.26. The van der Waals surface area contributed by atoms with Gasteiger partial charge in [0.05, 0.1) is 12.8 Å². The molecule has 2 N–H and O–H groups in total. The van der Waals surface area contributed by atoms with Crippen molar-refractivity contribution in [1.82, 2.24) is 4.90 Å². The highest BCUT2D eigenvalue weighted by atomic mass is 19.1. The Morgan fingerprint density at radius 3 is 2.63 bits per heavy atom. The summed E-state index contributed by atoms with van der Waals surface area (Å²) >= 11 is 0. The van der Waals surface area contributed by atoms with Crippen LogP contribution in [0.3, 0.4) is 0 Å². The molecule has 0 bridgehead atoms. The fourth-order valence-electron chi connectivity index (χ4n) is 2.47. The second kappa shape index (κ2) is 9.38. The Labute approximate surface area is 156 Å². The van der Waals surface area contributed by atoms with Crippen molar-refractivity contribution in [1.29, 1.82) is 0 Å². The largest absolute Gasteiger partial charge is 0.496 e. The lowest BCUT2D eigenvalue weighted by Gasteiger charge is -2.15. The van der Waals surface area contributed by atoms with Crippen molar-refractivity contribution in [2.24, 2.45) is 0 Å². The number of methoxy groups -OCH3 is 1. The highest BCUT2D eigenvalue weighted by molar-refractivity contribution is 6.02. The molecule has 0 fully saturated rings. The molecule has 27 heavy (non-hydrogen) atoms. The van der Waals surface area contributed by atoms with Crippen LogP contribution >= 0.6 is 0 Å². The quantitative estimate of drug-likeness (QED) is 0.728. The third-order valence-electron chi connectivity index (χ3n) is 3.92. The highest BCUT2D eigenvalue weighted by Gasteiger charge is 2.11. The molecular formula is C20H21FN2O4. The summed E-state index contributed by atoms with van der Waals surface area (Å²) in [7, 11) is 3.00. The first kappa shape index (κ1) is 20.0. The molecular weight excluding hydrogens is 351 g/mol. The van der Waals surface area contributed by atoms with Crippen molar-refractivity contribution in [2.75, 3.05) is 26.0 Å². The molecule has 142 valence electrons. The minimum absolute atomic E-state index is 0.101. The molecule has 0 aliphatic carbocycles. The fraction of sp³-hybridized carbons (Fsp3) is 0.200. The van der Waals surface area contributed by atoms with Gasteiger partial charge in [0.15, 0.2) is 0 Å². The number of amides is 2. The van der Waals surface area contributed by atoms with Crippen LogP contribution in [-0.4, -0.2) is 42.7 Å². The van der Waals surface area contributed by atoms with Crippen LogP contribution in [0.5, 0.6) is 5.75 Å². The predicted molar refractivity (Wildman–Crippen MR) is 101 cm³/mol. The van der Waals surface area contributed by atoms with Gasteiger partial charge in [-0.1, -0.05) is 30.3 Å². The number of carbonyl (C=O) groups excluding carboxylic acids is 1. The standard InChI is InChI=1S/C20H21FN2O4/c1-23(20(25)26)13-12-15-7-5-6-14(19(15)27-2)10-11-18(24)22-17-9-4-3-8-16(17)21/h3-11H,12-13H2,1-2H3,(H,22,24)(H,25,26). The molecule has 0 aliphatic heterocycles. The Morgan fingerprint density at radius 2 is 1.96 bits per heavy atom. The molecule has 2 rings (SSSR count). The van der Waals surface area contributed by atoms with Gasteiger partial charge in [0.25, 0.3) is 0 Å². The van der Waals surface area contributed by atoms with Crippen molar-refractivity contribution in [3.8, 4) is 5.75 Å². The highest BCUT2D eigenvalue weighted by Crippen LogP contribution is 2.26. The number of carbonyl (C=O) groups is 2. The Hall–Kier alpha value is -3.35. The summed E-state index contributed by atoms with van der Waals surface area (Å²) in [5.41, 5.74) is 1.59. The number of para-hydroxylation sites is 2. The molecule has 0 unspecified atom stereocenters. The number of rotatable bonds is 7. The van der Waals surface area contributed by atoms with Crippen LogP contribution in [0.25, 0.3) is 6.08 Å². The van der Waals surface area contributed by atoms with Crippen molar-refractivity contribution in [3.63, 3.8) is 0 Å². The number of likely N-dealkylation sites (N-methyl/N-ethyl adjacent to an activating group) is 1. The molecule has 0 heterocycles. The van der Waals surface area contributed by atoms with Gasteiger partial charge in [0.1, 0.15) is 11.6 Å². The number of ether oxygens (including phenoxy) is 1. The molecule has 0 aliphatic rings. The molecule has 0 spiro atoms. The van der Waals surface area contributed by atoms with E-state index in [0.717, 1.165) is 5.56 Å². The monoisotopic (exact) mass is 372 g/mol. The number of nitrogens with one attached hydrogen (secondary N) is 1. The molecule has 2 amide bonds. The van der Waals surface area contributed by atoms with Crippen molar-refractivity contribution in [3.05, 3.63) is 65.5 Å². The van der Waals surface area contributed by atoms with E-state index >= 15 is 0 Å². The van der Waals surface area contributed by atoms with Crippen LogP contribution in [0.4, 0.5) is 14.9 Å². The van der Waals surface area contributed by atoms with Gasteiger partial charge in [-0.15, -0.1) is 0 Å².